The monoisotopic (exact) mass is 828 g/mol. The molecule has 0 radical (unpaired) electrons. The molecule has 296 valence electrons. The molecular formula is C38H40Cl2F6N6O2S. The molecular weight excluding hydrogens is 789 g/mol. The van der Waals surface area contributed by atoms with Crippen molar-refractivity contribution in [1.82, 2.24) is 20.8 Å². The van der Waals surface area contributed by atoms with E-state index >= 15 is 0 Å². The van der Waals surface area contributed by atoms with Gasteiger partial charge in [-0.2, -0.15) is 26.3 Å². The highest BCUT2D eigenvalue weighted by Gasteiger charge is 2.33. The zero-order chi connectivity index (χ0) is 39.6. The highest BCUT2D eigenvalue weighted by molar-refractivity contribution is 7.13. The van der Waals surface area contributed by atoms with E-state index in [2.05, 4.69) is 31.5 Å². The Balaban J connectivity index is 0.000000211. The minimum absolute atomic E-state index is 0.00967. The molecule has 3 aromatic carbocycles. The topological polar surface area (TPSA) is 108 Å². The van der Waals surface area contributed by atoms with Crippen molar-refractivity contribution < 1.29 is 35.9 Å². The molecule has 0 spiro atoms. The van der Waals surface area contributed by atoms with Gasteiger partial charge in [0.05, 0.1) is 32.3 Å². The number of carbonyl (C=O) groups is 2. The molecule has 0 saturated heterocycles. The van der Waals surface area contributed by atoms with Crippen molar-refractivity contribution in [3.8, 4) is 0 Å². The van der Waals surface area contributed by atoms with Crippen LogP contribution < -0.4 is 21.3 Å². The third kappa shape index (κ3) is 12.7. The molecule has 0 atom stereocenters. The van der Waals surface area contributed by atoms with E-state index in [9.17, 15) is 35.9 Å². The van der Waals surface area contributed by atoms with Crippen LogP contribution in [0.25, 0.3) is 0 Å². The van der Waals surface area contributed by atoms with Gasteiger partial charge in [-0.15, -0.1) is 10.2 Å². The summed E-state index contributed by atoms with van der Waals surface area (Å²) in [4.78, 5) is 24.8. The summed E-state index contributed by atoms with van der Waals surface area (Å²) < 4.78 is 77.2. The Morgan fingerprint density at radius 3 is 1.53 bits per heavy atom. The lowest BCUT2D eigenvalue weighted by Gasteiger charge is -2.29. The van der Waals surface area contributed by atoms with Gasteiger partial charge in [0.2, 0.25) is 5.13 Å². The number of alkyl halides is 6. The molecule has 4 N–H and O–H groups in total. The molecule has 1 heterocycles. The summed E-state index contributed by atoms with van der Waals surface area (Å²) in [6.45, 7) is 1.65. The Bertz CT molecular complexity index is 1850. The van der Waals surface area contributed by atoms with Crippen molar-refractivity contribution in [3.05, 3.63) is 105 Å². The summed E-state index contributed by atoms with van der Waals surface area (Å²) in [5.41, 5.74) is 0.697. The molecule has 2 fully saturated rings. The predicted molar refractivity (Wildman–Crippen MR) is 203 cm³/mol. The minimum atomic E-state index is -4.52. The van der Waals surface area contributed by atoms with E-state index in [1.54, 1.807) is 5.51 Å². The Morgan fingerprint density at radius 1 is 0.655 bits per heavy atom. The van der Waals surface area contributed by atoms with Gasteiger partial charge in [0.15, 0.2) is 0 Å². The Hall–Kier alpha value is -4.08. The number of anilines is 2. The van der Waals surface area contributed by atoms with E-state index in [-0.39, 0.29) is 33.3 Å². The average Bonchev–Trinajstić information content (AvgIpc) is 3.68. The van der Waals surface area contributed by atoms with Gasteiger partial charge in [-0.1, -0.05) is 52.7 Å². The van der Waals surface area contributed by atoms with Crippen molar-refractivity contribution in [2.75, 3.05) is 23.7 Å². The van der Waals surface area contributed by atoms with Crippen molar-refractivity contribution in [1.29, 1.82) is 0 Å². The van der Waals surface area contributed by atoms with Gasteiger partial charge in [-0.05, 0) is 112 Å². The molecule has 1 aromatic heterocycles. The lowest BCUT2D eigenvalue weighted by molar-refractivity contribution is -0.138. The third-order valence-corrected chi connectivity index (χ3v) is 11.0. The first kappa shape index (κ1) is 42.1. The molecule has 2 aliphatic rings. The van der Waals surface area contributed by atoms with Crippen LogP contribution in [0.1, 0.15) is 83.2 Å². The third-order valence-electron chi connectivity index (χ3n) is 9.71. The molecule has 6 rings (SSSR count). The number of halogens is 8. The van der Waals surface area contributed by atoms with Gasteiger partial charge in [-0.25, -0.2) is 0 Å². The number of carbonyl (C=O) groups excluding carboxylic acids is 2. The van der Waals surface area contributed by atoms with Crippen molar-refractivity contribution in [3.63, 3.8) is 0 Å². The summed E-state index contributed by atoms with van der Waals surface area (Å²) >= 11 is 13.3. The Kier molecular flexibility index (Phi) is 14.7. The average molecular weight is 830 g/mol. The van der Waals surface area contributed by atoms with Crippen molar-refractivity contribution in [2.45, 2.75) is 75.8 Å². The number of amides is 2. The maximum atomic E-state index is 12.9. The van der Waals surface area contributed by atoms with Crippen LogP contribution in [0.2, 0.25) is 10.0 Å². The first-order valence-electron chi connectivity index (χ1n) is 17.8. The number of hydrogen-bond donors (Lipinski definition) is 4. The minimum Gasteiger partial charge on any atom is -0.385 e. The Labute approximate surface area is 328 Å². The quantitative estimate of drug-likeness (QED) is 0.119. The molecule has 8 nitrogen and oxygen atoms in total. The fraction of sp³-hybridized carbons (Fsp3) is 0.421. The number of para-hydroxylation sites is 1. The second-order valence-corrected chi connectivity index (χ2v) is 15.3. The molecule has 2 amide bonds. The van der Waals surface area contributed by atoms with Gasteiger partial charge in [0.25, 0.3) is 11.8 Å². The van der Waals surface area contributed by atoms with E-state index in [0.29, 0.717) is 11.8 Å². The van der Waals surface area contributed by atoms with Crippen LogP contribution in [0.5, 0.6) is 0 Å². The lowest BCUT2D eigenvalue weighted by Crippen LogP contribution is -2.38. The zero-order valence-corrected chi connectivity index (χ0v) is 31.8. The maximum Gasteiger partial charge on any atom is 0.416 e. The fourth-order valence-corrected chi connectivity index (χ4v) is 7.46. The molecule has 17 heteroatoms. The maximum absolute atomic E-state index is 12.9. The number of nitrogens with one attached hydrogen (secondary N) is 4. The van der Waals surface area contributed by atoms with E-state index in [1.807, 2.05) is 30.3 Å². The lowest BCUT2D eigenvalue weighted by atomic mass is 9.86. The number of nitrogens with zero attached hydrogens (tertiary/aromatic N) is 2. The normalized spacial score (nSPS) is 20.1. The molecule has 0 bridgehead atoms. The molecule has 0 aliphatic heterocycles. The summed E-state index contributed by atoms with van der Waals surface area (Å²) in [6.07, 6.45) is -2.19. The number of benzene rings is 3. The Morgan fingerprint density at radius 2 is 1.11 bits per heavy atom. The summed E-state index contributed by atoms with van der Waals surface area (Å²) in [5, 5.41) is 20.8. The van der Waals surface area contributed by atoms with Gasteiger partial charge >= 0.3 is 12.4 Å². The first-order valence-corrected chi connectivity index (χ1v) is 19.4. The standard InChI is InChI=1S/C21H22ClF3N2O.C17H18ClF3N4OS/c22-19-11-8-15(21(23,24)25)12-18(19)20(28)27-17-9-6-14(7-10-17)13-26-16-4-2-1-3-5-16;18-14-6-3-11(17(19,20)21)7-13(14)15(26)24-12-4-1-10(2-5-12)8-22-16-25-23-9-27-16/h1-5,8,11-12,14,17,26H,6-7,9-10,13H2,(H,27,28);3,6-7,9-10,12H,1-2,4-5,8H2,(H,22,25)(H,24,26). The second kappa shape index (κ2) is 19.2. The zero-order valence-electron chi connectivity index (χ0n) is 29.5. The van der Waals surface area contributed by atoms with E-state index in [4.69, 9.17) is 23.2 Å². The summed E-state index contributed by atoms with van der Waals surface area (Å²) in [7, 11) is 0. The number of rotatable bonds is 10. The summed E-state index contributed by atoms with van der Waals surface area (Å²) in [6, 6.07) is 15.4. The summed E-state index contributed by atoms with van der Waals surface area (Å²) in [5.74, 6) is -0.159. The van der Waals surface area contributed by atoms with Crippen LogP contribution in [0.3, 0.4) is 0 Å². The molecule has 2 aliphatic carbocycles. The van der Waals surface area contributed by atoms with Gasteiger partial charge in [0.1, 0.15) is 5.51 Å². The number of hydrogen-bond acceptors (Lipinski definition) is 7. The van der Waals surface area contributed by atoms with E-state index < -0.39 is 35.3 Å². The highest BCUT2D eigenvalue weighted by Crippen LogP contribution is 2.34. The largest absolute Gasteiger partial charge is 0.416 e. The van der Waals surface area contributed by atoms with Crippen LogP contribution >= 0.6 is 34.5 Å². The van der Waals surface area contributed by atoms with E-state index in [1.165, 1.54) is 11.3 Å². The second-order valence-electron chi connectivity index (χ2n) is 13.6. The SMILES string of the molecule is O=C(NC1CCC(CNc2ccccc2)CC1)c1cc(C(F)(F)F)ccc1Cl.O=C(NC1CCC(CNc2nncs2)CC1)c1cc(C(F)(F)F)ccc1Cl. The highest BCUT2D eigenvalue weighted by atomic mass is 35.5. The molecule has 55 heavy (non-hydrogen) atoms. The van der Waals surface area contributed by atoms with E-state index in [0.717, 1.165) is 112 Å². The van der Waals surface area contributed by atoms with Gasteiger partial charge < -0.3 is 21.3 Å². The van der Waals surface area contributed by atoms with Gasteiger partial charge in [-0.3, -0.25) is 9.59 Å². The van der Waals surface area contributed by atoms with Crippen molar-refractivity contribution >= 4 is 57.2 Å². The smallest absolute Gasteiger partial charge is 0.385 e. The van der Waals surface area contributed by atoms with Crippen LogP contribution in [0.4, 0.5) is 37.2 Å². The van der Waals surface area contributed by atoms with Crippen LogP contribution in [0.15, 0.2) is 72.2 Å². The van der Waals surface area contributed by atoms with Crippen LogP contribution in [-0.4, -0.2) is 47.2 Å². The fourth-order valence-electron chi connectivity index (χ4n) is 6.60. The van der Waals surface area contributed by atoms with Crippen LogP contribution in [-0.2, 0) is 12.4 Å². The first-order chi connectivity index (χ1) is 26.2. The molecule has 0 unspecified atom stereocenters. The predicted octanol–water partition coefficient (Wildman–Crippen LogP) is 10.4. The molecule has 4 aromatic rings. The van der Waals surface area contributed by atoms with Gasteiger partial charge in [0, 0.05) is 30.9 Å². The molecule has 2 saturated carbocycles. The van der Waals surface area contributed by atoms with Crippen LogP contribution in [0, 0.1) is 11.8 Å². The van der Waals surface area contributed by atoms with Crippen molar-refractivity contribution in [2.24, 2.45) is 11.8 Å². The number of aromatic nitrogens is 2.